The number of oxime groups is 1. The molecule has 114 valence electrons. The van der Waals surface area contributed by atoms with E-state index >= 15 is 0 Å². The van der Waals surface area contributed by atoms with Crippen molar-refractivity contribution >= 4 is 23.3 Å². The molecule has 1 saturated heterocycles. The molecule has 1 aromatic rings. The predicted molar refractivity (Wildman–Crippen MR) is 79.2 cm³/mol. The number of halogens is 1. The number of hydrogen-bond acceptors (Lipinski definition) is 4. The van der Waals surface area contributed by atoms with Gasteiger partial charge in [-0.25, -0.2) is 0 Å². The van der Waals surface area contributed by atoms with Gasteiger partial charge in [0.2, 0.25) is 5.91 Å². The van der Waals surface area contributed by atoms with Crippen molar-refractivity contribution in [1.82, 2.24) is 5.32 Å². The Morgan fingerprint density at radius 2 is 2.19 bits per heavy atom. The Morgan fingerprint density at radius 3 is 2.81 bits per heavy atom. The molecule has 21 heavy (non-hydrogen) atoms. The molecule has 1 aromatic carbocycles. The molecule has 1 fully saturated rings. The summed E-state index contributed by atoms with van der Waals surface area (Å²) in [7, 11) is 0. The number of carbonyl (C=O) groups is 1. The van der Waals surface area contributed by atoms with Gasteiger partial charge in [0.05, 0.1) is 0 Å². The molecule has 0 aliphatic carbocycles. The molecule has 1 aliphatic rings. The average molecular weight is 312 g/mol. The fourth-order valence-corrected chi connectivity index (χ4v) is 2.63. The van der Waals surface area contributed by atoms with E-state index in [4.69, 9.17) is 27.3 Å². The predicted octanol–water partition coefficient (Wildman–Crippen LogP) is 1.50. The van der Waals surface area contributed by atoms with E-state index in [-0.39, 0.29) is 11.7 Å². The van der Waals surface area contributed by atoms with E-state index < -0.39 is 5.41 Å². The van der Waals surface area contributed by atoms with Crippen LogP contribution in [0, 0.1) is 5.41 Å². The zero-order valence-electron chi connectivity index (χ0n) is 11.5. The Kier molecular flexibility index (Phi) is 5.03. The highest BCUT2D eigenvalue weighted by atomic mass is 35.5. The van der Waals surface area contributed by atoms with Crippen LogP contribution in [-0.4, -0.2) is 30.2 Å². The summed E-state index contributed by atoms with van der Waals surface area (Å²) in [6.45, 7) is 1.14. The van der Waals surface area contributed by atoms with Crippen LogP contribution in [0.5, 0.6) is 0 Å². The van der Waals surface area contributed by atoms with Gasteiger partial charge in [-0.15, -0.1) is 0 Å². The summed E-state index contributed by atoms with van der Waals surface area (Å²) in [5.74, 6) is -0.338. The Labute approximate surface area is 127 Å². The lowest BCUT2D eigenvalue weighted by Gasteiger charge is -2.34. The average Bonchev–Trinajstić information content (AvgIpc) is 2.52. The summed E-state index contributed by atoms with van der Waals surface area (Å²) >= 11 is 5.91. The van der Waals surface area contributed by atoms with Crippen molar-refractivity contribution in [2.24, 2.45) is 16.3 Å². The first-order valence-corrected chi connectivity index (χ1v) is 7.05. The monoisotopic (exact) mass is 311 g/mol. The zero-order valence-corrected chi connectivity index (χ0v) is 12.3. The Balaban J connectivity index is 2.09. The highest BCUT2D eigenvalue weighted by Gasteiger charge is 2.44. The second-order valence-corrected chi connectivity index (χ2v) is 5.43. The fraction of sp³-hybridized carbons (Fsp3) is 0.429. The van der Waals surface area contributed by atoms with Gasteiger partial charge in [0.1, 0.15) is 5.41 Å². The quantitative estimate of drug-likeness (QED) is 0.340. The van der Waals surface area contributed by atoms with Gasteiger partial charge in [-0.2, -0.15) is 0 Å². The number of hydrogen-bond donors (Lipinski definition) is 3. The Morgan fingerprint density at radius 1 is 1.48 bits per heavy atom. The second-order valence-electron chi connectivity index (χ2n) is 4.99. The number of rotatable bonds is 4. The molecular weight excluding hydrogens is 294 g/mol. The number of nitrogens with one attached hydrogen (secondary N) is 1. The lowest BCUT2D eigenvalue weighted by molar-refractivity contribution is -0.131. The summed E-state index contributed by atoms with van der Waals surface area (Å²) in [5.41, 5.74) is 5.62. The Hall–Kier alpha value is -1.79. The van der Waals surface area contributed by atoms with E-state index in [0.717, 1.165) is 5.56 Å². The molecule has 0 spiro atoms. The van der Waals surface area contributed by atoms with Crippen LogP contribution in [0.1, 0.15) is 18.4 Å². The summed E-state index contributed by atoms with van der Waals surface area (Å²) in [6.07, 6.45) is 0.786. The maximum absolute atomic E-state index is 12.5. The summed E-state index contributed by atoms with van der Waals surface area (Å²) in [6, 6.07) is 7.23. The van der Waals surface area contributed by atoms with Gasteiger partial charge >= 0.3 is 0 Å². The molecule has 1 amide bonds. The third kappa shape index (κ3) is 3.46. The van der Waals surface area contributed by atoms with Crippen molar-refractivity contribution in [3.05, 3.63) is 34.9 Å². The molecule has 0 saturated carbocycles. The normalized spacial score (nSPS) is 18.2. The molecule has 0 aromatic heterocycles. The highest BCUT2D eigenvalue weighted by molar-refractivity contribution is 6.30. The van der Waals surface area contributed by atoms with Gasteiger partial charge in [-0.1, -0.05) is 28.9 Å². The maximum atomic E-state index is 12.5. The van der Waals surface area contributed by atoms with Crippen LogP contribution in [-0.2, 0) is 16.1 Å². The smallest absolute Gasteiger partial charge is 0.234 e. The third-order valence-corrected chi connectivity index (χ3v) is 3.96. The lowest BCUT2D eigenvalue weighted by atomic mass is 9.78. The van der Waals surface area contributed by atoms with Crippen LogP contribution >= 0.6 is 11.6 Å². The van der Waals surface area contributed by atoms with E-state index in [1.165, 1.54) is 0 Å². The van der Waals surface area contributed by atoms with Crippen LogP contribution in [0.4, 0.5) is 0 Å². The van der Waals surface area contributed by atoms with Crippen molar-refractivity contribution in [2.45, 2.75) is 19.4 Å². The lowest BCUT2D eigenvalue weighted by Crippen LogP contribution is -2.52. The van der Waals surface area contributed by atoms with Gasteiger partial charge < -0.3 is 21.0 Å². The van der Waals surface area contributed by atoms with Crippen molar-refractivity contribution in [2.75, 3.05) is 13.2 Å². The number of amides is 1. The molecule has 1 aliphatic heterocycles. The zero-order chi connectivity index (χ0) is 15.3. The number of benzene rings is 1. The van der Waals surface area contributed by atoms with E-state index in [0.29, 0.717) is 37.6 Å². The number of amidine groups is 1. The summed E-state index contributed by atoms with van der Waals surface area (Å²) < 4.78 is 5.26. The van der Waals surface area contributed by atoms with Crippen molar-refractivity contribution in [1.29, 1.82) is 0 Å². The van der Waals surface area contributed by atoms with Gasteiger partial charge in [-0.3, -0.25) is 4.79 Å². The molecule has 0 atom stereocenters. The fourth-order valence-electron chi connectivity index (χ4n) is 2.41. The molecular formula is C14H18ClN3O3. The summed E-state index contributed by atoms with van der Waals surface area (Å²) in [4.78, 5) is 12.5. The van der Waals surface area contributed by atoms with Gasteiger partial charge in [0, 0.05) is 24.8 Å². The largest absolute Gasteiger partial charge is 0.409 e. The number of ether oxygens (including phenoxy) is 1. The van der Waals surface area contributed by atoms with E-state index in [1.807, 2.05) is 12.1 Å². The first-order chi connectivity index (χ1) is 10.1. The van der Waals surface area contributed by atoms with Crippen LogP contribution in [0.25, 0.3) is 0 Å². The first kappa shape index (κ1) is 15.6. The maximum Gasteiger partial charge on any atom is 0.234 e. The van der Waals surface area contributed by atoms with Crippen LogP contribution in [0.3, 0.4) is 0 Å². The van der Waals surface area contributed by atoms with E-state index in [9.17, 15) is 4.79 Å². The minimum Gasteiger partial charge on any atom is -0.409 e. The van der Waals surface area contributed by atoms with E-state index in [1.54, 1.807) is 12.1 Å². The van der Waals surface area contributed by atoms with Crippen LogP contribution < -0.4 is 11.1 Å². The molecule has 2 rings (SSSR count). The van der Waals surface area contributed by atoms with Crippen molar-refractivity contribution in [3.63, 3.8) is 0 Å². The molecule has 0 radical (unpaired) electrons. The third-order valence-electron chi connectivity index (χ3n) is 3.72. The van der Waals surface area contributed by atoms with Crippen molar-refractivity contribution < 1.29 is 14.7 Å². The Bertz CT molecular complexity index is 542. The molecule has 1 heterocycles. The summed E-state index contributed by atoms with van der Waals surface area (Å²) in [5, 5.41) is 15.4. The molecule has 4 N–H and O–H groups in total. The first-order valence-electron chi connectivity index (χ1n) is 6.67. The van der Waals surface area contributed by atoms with Gasteiger partial charge in [0.25, 0.3) is 0 Å². The minimum absolute atomic E-state index is 0.0746. The number of nitrogens with two attached hydrogens (primary N) is 1. The van der Waals surface area contributed by atoms with Gasteiger partial charge in [-0.05, 0) is 30.5 Å². The van der Waals surface area contributed by atoms with Gasteiger partial charge in [0.15, 0.2) is 5.84 Å². The molecule has 0 unspecified atom stereocenters. The van der Waals surface area contributed by atoms with Crippen LogP contribution in [0.2, 0.25) is 5.02 Å². The minimum atomic E-state index is -1.01. The van der Waals surface area contributed by atoms with Crippen LogP contribution in [0.15, 0.2) is 29.4 Å². The van der Waals surface area contributed by atoms with Crippen molar-refractivity contribution in [3.8, 4) is 0 Å². The molecule has 7 heteroatoms. The number of nitrogens with zero attached hydrogens (tertiary/aromatic N) is 1. The SMILES string of the molecule is NC(=NO)C1(C(=O)NCc2cccc(Cl)c2)CCOCC1. The van der Waals surface area contributed by atoms with E-state index in [2.05, 4.69) is 10.5 Å². The highest BCUT2D eigenvalue weighted by Crippen LogP contribution is 2.31. The second kappa shape index (κ2) is 6.78. The molecule has 6 nitrogen and oxygen atoms in total. The standard InChI is InChI=1S/C14H18ClN3O3/c15-11-3-1-2-10(8-11)9-17-13(19)14(12(16)18-20)4-6-21-7-5-14/h1-3,8,20H,4-7,9H2,(H2,16,18)(H,17,19). The topological polar surface area (TPSA) is 96.9 Å². The molecule has 0 bridgehead atoms. The number of carbonyl (C=O) groups excluding carboxylic acids is 1.